The number of nitrogens with zero attached hydrogens (tertiary/aromatic N) is 1. The molecule has 0 unspecified atom stereocenters. The molecule has 6 nitrogen and oxygen atoms in total. The van der Waals surface area contributed by atoms with E-state index in [9.17, 15) is 9.90 Å². The summed E-state index contributed by atoms with van der Waals surface area (Å²) in [7, 11) is 0. The Morgan fingerprint density at radius 3 is 2.58 bits per heavy atom. The molecule has 1 saturated heterocycles. The number of para-hydroxylation sites is 2. The van der Waals surface area contributed by atoms with Crippen molar-refractivity contribution in [2.75, 3.05) is 29.9 Å². The minimum Gasteiger partial charge on any atom is -0.459 e. The number of anilines is 2. The molecular weight excluding hydrogens is 414 g/mol. The highest BCUT2D eigenvalue weighted by molar-refractivity contribution is 6.30. The van der Waals surface area contributed by atoms with E-state index >= 15 is 0 Å². The van der Waals surface area contributed by atoms with Crippen LogP contribution in [-0.2, 0) is 11.3 Å². The molecule has 1 aliphatic heterocycles. The van der Waals surface area contributed by atoms with Gasteiger partial charge in [0.1, 0.15) is 11.5 Å². The molecule has 162 valence electrons. The van der Waals surface area contributed by atoms with Crippen LogP contribution in [0, 0.1) is 0 Å². The smallest absolute Gasteiger partial charge is 0.239 e. The second-order valence-corrected chi connectivity index (χ2v) is 8.07. The van der Waals surface area contributed by atoms with Crippen LogP contribution in [0.3, 0.4) is 0 Å². The number of amides is 1. The van der Waals surface area contributed by atoms with Gasteiger partial charge in [-0.2, -0.15) is 0 Å². The minimum atomic E-state index is -0.219. The fourth-order valence-electron chi connectivity index (χ4n) is 3.67. The topological polar surface area (TPSA) is 77.7 Å². The van der Waals surface area contributed by atoms with Crippen LogP contribution in [-0.4, -0.2) is 36.8 Å². The van der Waals surface area contributed by atoms with Crippen molar-refractivity contribution in [2.45, 2.75) is 25.5 Å². The second kappa shape index (κ2) is 9.90. The molecule has 0 bridgehead atoms. The highest BCUT2D eigenvalue weighted by Crippen LogP contribution is 2.28. The normalized spacial score (nSPS) is 14.5. The van der Waals surface area contributed by atoms with Gasteiger partial charge in [0.15, 0.2) is 0 Å². The van der Waals surface area contributed by atoms with Gasteiger partial charge in [0.25, 0.3) is 0 Å². The maximum absolute atomic E-state index is 12.4. The lowest BCUT2D eigenvalue weighted by molar-refractivity contribution is -0.119. The highest BCUT2D eigenvalue weighted by Gasteiger charge is 2.19. The van der Waals surface area contributed by atoms with E-state index in [1.165, 1.54) is 0 Å². The number of furan rings is 1. The van der Waals surface area contributed by atoms with Crippen molar-refractivity contribution in [3.63, 3.8) is 0 Å². The average Bonchev–Trinajstić information content (AvgIpc) is 3.27. The maximum Gasteiger partial charge on any atom is 0.239 e. The number of benzene rings is 2. The highest BCUT2D eigenvalue weighted by atomic mass is 35.5. The third-order valence-electron chi connectivity index (χ3n) is 5.40. The summed E-state index contributed by atoms with van der Waals surface area (Å²) in [5, 5.41) is 16.5. The molecule has 0 aliphatic carbocycles. The summed E-state index contributed by atoms with van der Waals surface area (Å²) in [6, 6.07) is 19.1. The van der Waals surface area contributed by atoms with Gasteiger partial charge in [-0.3, -0.25) is 4.79 Å². The molecule has 2 heterocycles. The number of nitrogens with one attached hydrogen (secondary N) is 2. The van der Waals surface area contributed by atoms with Crippen LogP contribution in [0.2, 0.25) is 5.02 Å². The summed E-state index contributed by atoms with van der Waals surface area (Å²) in [4.78, 5) is 14.6. The molecule has 7 heteroatoms. The summed E-state index contributed by atoms with van der Waals surface area (Å²) in [6.07, 6.45) is 1.30. The number of hydrogen-bond acceptors (Lipinski definition) is 5. The maximum atomic E-state index is 12.4. The SMILES string of the molecule is O=C(CNc1ccccc1N1CCC(O)CC1)NCc1ccc(-c2ccc(Cl)cc2)o1. The predicted molar refractivity (Wildman–Crippen MR) is 123 cm³/mol. The van der Waals surface area contributed by atoms with Crippen molar-refractivity contribution in [1.29, 1.82) is 0 Å². The molecule has 2 aromatic carbocycles. The molecule has 1 amide bonds. The Labute approximate surface area is 186 Å². The van der Waals surface area contributed by atoms with Gasteiger partial charge in [-0.05, 0) is 61.4 Å². The van der Waals surface area contributed by atoms with Crippen molar-refractivity contribution in [3.8, 4) is 11.3 Å². The van der Waals surface area contributed by atoms with Crippen molar-refractivity contribution in [1.82, 2.24) is 5.32 Å². The molecular formula is C24H26ClN3O3. The molecule has 1 aliphatic rings. The van der Waals surface area contributed by atoms with Crippen LogP contribution < -0.4 is 15.5 Å². The third-order valence-corrected chi connectivity index (χ3v) is 5.65. The zero-order valence-electron chi connectivity index (χ0n) is 17.2. The van der Waals surface area contributed by atoms with E-state index in [1.807, 2.05) is 60.7 Å². The molecule has 0 radical (unpaired) electrons. The average molecular weight is 440 g/mol. The van der Waals surface area contributed by atoms with Crippen LogP contribution in [0.15, 0.2) is 65.1 Å². The van der Waals surface area contributed by atoms with Gasteiger partial charge < -0.3 is 25.1 Å². The molecule has 3 N–H and O–H groups in total. The molecule has 31 heavy (non-hydrogen) atoms. The fraction of sp³-hybridized carbons (Fsp3) is 0.292. The number of hydrogen-bond donors (Lipinski definition) is 3. The molecule has 1 aromatic heterocycles. The van der Waals surface area contributed by atoms with Gasteiger partial charge in [0, 0.05) is 23.7 Å². The molecule has 1 fully saturated rings. The Hall–Kier alpha value is -2.96. The zero-order valence-corrected chi connectivity index (χ0v) is 17.9. The summed E-state index contributed by atoms with van der Waals surface area (Å²) in [5.41, 5.74) is 2.91. The number of aliphatic hydroxyl groups excluding tert-OH is 1. The molecule has 0 saturated carbocycles. The largest absolute Gasteiger partial charge is 0.459 e. The van der Waals surface area contributed by atoms with E-state index < -0.39 is 0 Å². The van der Waals surface area contributed by atoms with Crippen molar-refractivity contribution >= 4 is 28.9 Å². The number of carbonyl (C=O) groups is 1. The minimum absolute atomic E-state index is 0.117. The zero-order chi connectivity index (χ0) is 21.6. The Kier molecular flexibility index (Phi) is 6.79. The number of piperidine rings is 1. The standard InChI is InChI=1S/C24H26ClN3O3/c25-18-7-5-17(6-8-18)23-10-9-20(31-23)15-27-24(30)16-26-21-3-1-2-4-22(21)28-13-11-19(29)12-14-28/h1-10,19,26,29H,11-16H2,(H,27,30). The lowest BCUT2D eigenvalue weighted by Gasteiger charge is -2.32. The second-order valence-electron chi connectivity index (χ2n) is 7.64. The number of carbonyl (C=O) groups excluding carboxylic acids is 1. The van der Waals surface area contributed by atoms with Gasteiger partial charge >= 0.3 is 0 Å². The van der Waals surface area contributed by atoms with Crippen LogP contribution in [0.4, 0.5) is 11.4 Å². The van der Waals surface area contributed by atoms with Crippen molar-refractivity contribution in [3.05, 3.63) is 71.4 Å². The van der Waals surface area contributed by atoms with E-state index in [4.69, 9.17) is 16.0 Å². The molecule has 4 rings (SSSR count). The van der Waals surface area contributed by atoms with Crippen LogP contribution in [0.5, 0.6) is 0 Å². The fourth-order valence-corrected chi connectivity index (χ4v) is 3.80. The predicted octanol–water partition coefficient (Wildman–Crippen LogP) is 4.29. The first-order valence-corrected chi connectivity index (χ1v) is 10.8. The van der Waals surface area contributed by atoms with Gasteiger partial charge in [0.2, 0.25) is 5.91 Å². The first-order valence-electron chi connectivity index (χ1n) is 10.5. The first-order chi connectivity index (χ1) is 15.1. The summed E-state index contributed by atoms with van der Waals surface area (Å²) >= 11 is 5.93. The van der Waals surface area contributed by atoms with E-state index in [1.54, 1.807) is 0 Å². The van der Waals surface area contributed by atoms with E-state index in [0.717, 1.165) is 48.6 Å². The van der Waals surface area contributed by atoms with Crippen LogP contribution >= 0.6 is 11.6 Å². The number of rotatable bonds is 7. The van der Waals surface area contributed by atoms with E-state index in [2.05, 4.69) is 15.5 Å². The first kappa shape index (κ1) is 21.3. The quantitative estimate of drug-likeness (QED) is 0.512. The Bertz CT molecular complexity index is 1010. The van der Waals surface area contributed by atoms with E-state index in [-0.39, 0.29) is 18.6 Å². The Morgan fingerprint density at radius 1 is 1.06 bits per heavy atom. The molecule has 0 atom stereocenters. The summed E-state index contributed by atoms with van der Waals surface area (Å²) in [6.45, 7) is 2.10. The van der Waals surface area contributed by atoms with Gasteiger partial charge in [-0.15, -0.1) is 0 Å². The summed E-state index contributed by atoms with van der Waals surface area (Å²) < 4.78 is 5.82. The van der Waals surface area contributed by atoms with Gasteiger partial charge in [-0.1, -0.05) is 23.7 Å². The van der Waals surface area contributed by atoms with Crippen LogP contribution in [0.1, 0.15) is 18.6 Å². The van der Waals surface area contributed by atoms with Crippen molar-refractivity contribution in [2.24, 2.45) is 0 Å². The Balaban J connectivity index is 1.29. The number of aliphatic hydroxyl groups is 1. The molecule has 3 aromatic rings. The van der Waals surface area contributed by atoms with E-state index in [0.29, 0.717) is 17.3 Å². The lowest BCUT2D eigenvalue weighted by atomic mass is 10.1. The van der Waals surface area contributed by atoms with Crippen molar-refractivity contribution < 1.29 is 14.3 Å². The number of halogens is 1. The third kappa shape index (κ3) is 5.60. The monoisotopic (exact) mass is 439 g/mol. The summed E-state index contributed by atoms with van der Waals surface area (Å²) in [5.74, 6) is 1.30. The Morgan fingerprint density at radius 2 is 1.81 bits per heavy atom. The van der Waals surface area contributed by atoms with Crippen LogP contribution in [0.25, 0.3) is 11.3 Å². The molecule has 0 spiro atoms. The van der Waals surface area contributed by atoms with Gasteiger partial charge in [0.05, 0.1) is 30.6 Å². The van der Waals surface area contributed by atoms with Gasteiger partial charge in [-0.25, -0.2) is 0 Å². The lowest BCUT2D eigenvalue weighted by Crippen LogP contribution is -2.36.